The molecule has 2 aliphatic rings. The van der Waals surface area contributed by atoms with Crippen molar-refractivity contribution in [3.63, 3.8) is 0 Å². The second kappa shape index (κ2) is 4.65. The summed E-state index contributed by atoms with van der Waals surface area (Å²) < 4.78 is 9.71. The standard InChI is InChI=1S/C7H10O3.C4H6O2/c1-9-6(8)7(4-10-7)5-2-3-5;1-3(2)4(5)6/h5H,2-4H2,1H3;1H2,2H3,(H,5,6). The van der Waals surface area contributed by atoms with Crippen LogP contribution in [0, 0.1) is 5.92 Å². The van der Waals surface area contributed by atoms with E-state index < -0.39 is 11.6 Å². The molecule has 1 unspecified atom stereocenters. The van der Waals surface area contributed by atoms with Gasteiger partial charge in [0.2, 0.25) is 0 Å². The van der Waals surface area contributed by atoms with Gasteiger partial charge in [-0.15, -0.1) is 0 Å². The molecule has 0 spiro atoms. The molecule has 0 aromatic heterocycles. The molecule has 5 nitrogen and oxygen atoms in total. The molecule has 0 aromatic carbocycles. The van der Waals surface area contributed by atoms with E-state index in [4.69, 9.17) is 9.84 Å². The van der Waals surface area contributed by atoms with Crippen molar-refractivity contribution in [2.75, 3.05) is 13.7 Å². The van der Waals surface area contributed by atoms with E-state index in [0.717, 1.165) is 12.8 Å². The Morgan fingerprint density at radius 3 is 2.12 bits per heavy atom. The van der Waals surface area contributed by atoms with Crippen LogP contribution in [-0.2, 0) is 19.1 Å². The maximum absolute atomic E-state index is 11.0. The predicted molar refractivity (Wildman–Crippen MR) is 55.9 cm³/mol. The number of methoxy groups -OCH3 is 1. The second-order valence-corrected chi connectivity index (χ2v) is 4.03. The highest BCUT2D eigenvalue weighted by Gasteiger charge is 2.62. The van der Waals surface area contributed by atoms with Gasteiger partial charge in [-0.05, 0) is 19.8 Å². The van der Waals surface area contributed by atoms with E-state index in [2.05, 4.69) is 11.3 Å². The first-order valence-electron chi connectivity index (χ1n) is 5.05. The van der Waals surface area contributed by atoms with Gasteiger partial charge in [-0.2, -0.15) is 0 Å². The number of carbonyl (C=O) groups is 2. The molecule has 0 amide bonds. The quantitative estimate of drug-likeness (QED) is 0.443. The first-order valence-corrected chi connectivity index (χ1v) is 5.05. The second-order valence-electron chi connectivity index (χ2n) is 4.03. The molecule has 2 fully saturated rings. The average Bonchev–Trinajstić information content (AvgIpc) is 3.05. The Hall–Kier alpha value is -1.36. The molecule has 1 saturated carbocycles. The summed E-state index contributed by atoms with van der Waals surface area (Å²) in [7, 11) is 1.41. The number of hydrogen-bond acceptors (Lipinski definition) is 4. The molecule has 1 heterocycles. The highest BCUT2D eigenvalue weighted by Crippen LogP contribution is 2.49. The zero-order valence-corrected chi connectivity index (χ0v) is 9.49. The SMILES string of the molecule is C=C(C)C(=O)O.COC(=O)C1(C2CC2)CO1. The summed E-state index contributed by atoms with van der Waals surface area (Å²) in [6.45, 7) is 5.18. The van der Waals surface area contributed by atoms with Gasteiger partial charge in [0.1, 0.15) is 0 Å². The molecular formula is C11H16O5. The minimum atomic E-state index is -0.935. The molecule has 5 heteroatoms. The molecule has 0 radical (unpaired) electrons. The summed E-state index contributed by atoms with van der Waals surface area (Å²) >= 11 is 0. The van der Waals surface area contributed by atoms with Crippen molar-refractivity contribution in [1.82, 2.24) is 0 Å². The van der Waals surface area contributed by atoms with E-state index >= 15 is 0 Å². The summed E-state index contributed by atoms with van der Waals surface area (Å²) in [5.41, 5.74) is -0.315. The van der Waals surface area contributed by atoms with Crippen LogP contribution in [0.1, 0.15) is 19.8 Å². The van der Waals surface area contributed by atoms with Crippen LogP contribution >= 0.6 is 0 Å². The lowest BCUT2D eigenvalue weighted by Gasteiger charge is -2.05. The number of carbonyl (C=O) groups excluding carboxylic acids is 1. The van der Waals surface area contributed by atoms with Crippen LogP contribution in [-0.4, -0.2) is 36.4 Å². The lowest BCUT2D eigenvalue weighted by Crippen LogP contribution is -2.28. The van der Waals surface area contributed by atoms with Crippen molar-refractivity contribution in [3.05, 3.63) is 12.2 Å². The summed E-state index contributed by atoms with van der Waals surface area (Å²) in [6.07, 6.45) is 2.24. The molecular weight excluding hydrogens is 212 g/mol. The largest absolute Gasteiger partial charge is 0.478 e. The molecule has 1 saturated heterocycles. The number of ether oxygens (including phenoxy) is 2. The Kier molecular flexibility index (Phi) is 3.70. The summed E-state index contributed by atoms with van der Waals surface area (Å²) in [6, 6.07) is 0. The lowest BCUT2D eigenvalue weighted by atomic mass is 10.1. The smallest absolute Gasteiger partial charge is 0.340 e. The number of hydrogen-bond donors (Lipinski definition) is 1. The Bertz CT molecular complexity index is 300. The van der Waals surface area contributed by atoms with E-state index in [-0.39, 0.29) is 11.5 Å². The Balaban J connectivity index is 0.000000187. The Morgan fingerprint density at radius 1 is 1.50 bits per heavy atom. The maximum Gasteiger partial charge on any atom is 0.340 e. The molecule has 16 heavy (non-hydrogen) atoms. The summed E-state index contributed by atoms with van der Waals surface area (Å²) in [4.78, 5) is 20.6. The highest BCUT2D eigenvalue weighted by atomic mass is 16.6. The van der Waals surface area contributed by atoms with Gasteiger partial charge in [-0.25, -0.2) is 9.59 Å². The maximum atomic E-state index is 11.0. The third-order valence-corrected chi connectivity index (χ3v) is 2.59. The number of carboxylic acids is 1. The normalized spacial score (nSPS) is 26.1. The number of esters is 1. The number of carboxylic acid groups (broad SMARTS) is 1. The minimum Gasteiger partial charge on any atom is -0.478 e. The van der Waals surface area contributed by atoms with Gasteiger partial charge < -0.3 is 14.6 Å². The van der Waals surface area contributed by atoms with Crippen molar-refractivity contribution < 1.29 is 24.2 Å². The fraction of sp³-hybridized carbons (Fsp3) is 0.636. The van der Waals surface area contributed by atoms with Crippen molar-refractivity contribution >= 4 is 11.9 Å². The predicted octanol–water partition coefficient (Wildman–Crippen LogP) is 0.986. The van der Waals surface area contributed by atoms with Gasteiger partial charge in [0.25, 0.3) is 0 Å². The van der Waals surface area contributed by atoms with Crippen molar-refractivity contribution in [1.29, 1.82) is 0 Å². The molecule has 0 aromatic rings. The molecule has 1 N–H and O–H groups in total. The highest BCUT2D eigenvalue weighted by molar-refractivity contribution is 5.84. The van der Waals surface area contributed by atoms with E-state index in [0.29, 0.717) is 12.5 Å². The minimum absolute atomic E-state index is 0.176. The monoisotopic (exact) mass is 228 g/mol. The fourth-order valence-corrected chi connectivity index (χ4v) is 1.32. The van der Waals surface area contributed by atoms with E-state index in [1.165, 1.54) is 14.0 Å². The molecule has 1 atom stereocenters. The molecule has 1 aliphatic heterocycles. The number of aliphatic carboxylic acids is 1. The molecule has 1 aliphatic carbocycles. The number of rotatable bonds is 3. The van der Waals surface area contributed by atoms with Crippen LogP contribution in [0.25, 0.3) is 0 Å². The van der Waals surface area contributed by atoms with Gasteiger partial charge in [0, 0.05) is 11.5 Å². The van der Waals surface area contributed by atoms with Crippen LogP contribution in [0.3, 0.4) is 0 Å². The first-order chi connectivity index (χ1) is 7.44. The average molecular weight is 228 g/mol. The van der Waals surface area contributed by atoms with Crippen LogP contribution < -0.4 is 0 Å². The fourth-order valence-electron chi connectivity index (χ4n) is 1.32. The van der Waals surface area contributed by atoms with E-state index in [1.807, 2.05) is 0 Å². The zero-order valence-electron chi connectivity index (χ0n) is 9.49. The Morgan fingerprint density at radius 2 is 1.94 bits per heavy atom. The van der Waals surface area contributed by atoms with Crippen LogP contribution in [0.2, 0.25) is 0 Å². The van der Waals surface area contributed by atoms with Crippen molar-refractivity contribution in [3.8, 4) is 0 Å². The van der Waals surface area contributed by atoms with E-state index in [1.54, 1.807) is 0 Å². The molecule has 2 rings (SSSR count). The van der Waals surface area contributed by atoms with Crippen molar-refractivity contribution in [2.24, 2.45) is 5.92 Å². The van der Waals surface area contributed by atoms with Crippen LogP contribution in [0.5, 0.6) is 0 Å². The van der Waals surface area contributed by atoms with Crippen LogP contribution in [0.4, 0.5) is 0 Å². The molecule has 90 valence electrons. The third-order valence-electron chi connectivity index (χ3n) is 2.59. The van der Waals surface area contributed by atoms with Gasteiger partial charge in [-0.3, -0.25) is 0 Å². The van der Waals surface area contributed by atoms with Gasteiger partial charge in [-0.1, -0.05) is 6.58 Å². The van der Waals surface area contributed by atoms with E-state index in [9.17, 15) is 9.59 Å². The summed E-state index contributed by atoms with van der Waals surface area (Å²) in [5, 5.41) is 7.89. The summed E-state index contributed by atoms with van der Waals surface area (Å²) in [5.74, 6) is -0.662. The van der Waals surface area contributed by atoms with Crippen LogP contribution in [0.15, 0.2) is 12.2 Å². The van der Waals surface area contributed by atoms with Gasteiger partial charge >= 0.3 is 11.9 Å². The van der Waals surface area contributed by atoms with Crippen molar-refractivity contribution in [2.45, 2.75) is 25.4 Å². The zero-order chi connectivity index (χ0) is 12.3. The lowest BCUT2D eigenvalue weighted by molar-refractivity contribution is -0.147. The van der Waals surface area contributed by atoms with Gasteiger partial charge in [0.15, 0.2) is 5.60 Å². The Labute approximate surface area is 94.0 Å². The first kappa shape index (κ1) is 12.7. The molecule has 0 bridgehead atoms. The number of epoxide rings is 1. The topological polar surface area (TPSA) is 76.1 Å². The van der Waals surface area contributed by atoms with Gasteiger partial charge in [0.05, 0.1) is 13.7 Å². The third kappa shape index (κ3) is 2.82.